The molecule has 1 atom stereocenters. The van der Waals surface area contributed by atoms with Crippen LogP contribution in [0.15, 0.2) is 48.9 Å². The van der Waals surface area contributed by atoms with Gasteiger partial charge in [0.1, 0.15) is 12.4 Å². The number of nitrogens with zero attached hydrogens (tertiary/aromatic N) is 2. The molecule has 1 aromatic carbocycles. The fourth-order valence-electron chi connectivity index (χ4n) is 2.49. The minimum Gasteiger partial charge on any atom is -0.436 e. The fourth-order valence-corrected chi connectivity index (χ4v) is 2.67. The number of benzene rings is 1. The van der Waals surface area contributed by atoms with Crippen molar-refractivity contribution in [1.29, 1.82) is 0 Å². The predicted octanol–water partition coefficient (Wildman–Crippen LogP) is 4.21. The van der Waals surface area contributed by atoms with Crippen LogP contribution in [0.25, 0.3) is 0 Å². The number of halogens is 1. The third-order valence-corrected chi connectivity index (χ3v) is 3.84. The molecule has 0 spiro atoms. The number of rotatable bonds is 4. The highest BCUT2D eigenvalue weighted by Gasteiger charge is 2.22. The molecule has 0 saturated heterocycles. The summed E-state index contributed by atoms with van der Waals surface area (Å²) in [6.07, 6.45) is 7.16. The van der Waals surface area contributed by atoms with Gasteiger partial charge in [-0.3, -0.25) is 4.84 Å². The Balaban J connectivity index is 1.76. The van der Waals surface area contributed by atoms with Crippen LogP contribution in [-0.2, 0) is 11.3 Å². The van der Waals surface area contributed by atoms with Gasteiger partial charge in [-0.2, -0.15) is 0 Å². The standard InChI is InChI=1S/C18H20ClN3O2/c1-18(2,3)8-13-6-12(4-5-15(13)19)16-7-17(22-24-16)23-14-9-20-11-21-10-14/h4-7,9-11,16,22H,8H2,1-3H3. The van der Waals surface area contributed by atoms with E-state index in [-0.39, 0.29) is 11.5 Å². The van der Waals surface area contributed by atoms with Crippen LogP contribution in [0.3, 0.4) is 0 Å². The third kappa shape index (κ3) is 4.24. The van der Waals surface area contributed by atoms with Crippen molar-refractivity contribution in [2.24, 2.45) is 5.41 Å². The number of ether oxygens (including phenoxy) is 1. The number of hydrogen-bond acceptors (Lipinski definition) is 5. The highest BCUT2D eigenvalue weighted by atomic mass is 35.5. The summed E-state index contributed by atoms with van der Waals surface area (Å²) in [5, 5.41) is 0.779. The van der Waals surface area contributed by atoms with Crippen molar-refractivity contribution in [3.63, 3.8) is 0 Å². The lowest BCUT2D eigenvalue weighted by atomic mass is 9.87. The maximum Gasteiger partial charge on any atom is 0.216 e. The average molecular weight is 346 g/mol. The lowest BCUT2D eigenvalue weighted by molar-refractivity contribution is 0.0272. The van der Waals surface area contributed by atoms with Gasteiger partial charge >= 0.3 is 0 Å². The van der Waals surface area contributed by atoms with Crippen LogP contribution in [-0.4, -0.2) is 9.97 Å². The summed E-state index contributed by atoms with van der Waals surface area (Å²) in [7, 11) is 0. The molecule has 0 bridgehead atoms. The van der Waals surface area contributed by atoms with Gasteiger partial charge in [0, 0.05) is 11.1 Å². The second-order valence-electron chi connectivity index (χ2n) is 6.94. The van der Waals surface area contributed by atoms with E-state index in [1.807, 2.05) is 18.2 Å². The van der Waals surface area contributed by atoms with E-state index in [1.54, 1.807) is 12.4 Å². The molecule has 1 aliphatic heterocycles. The van der Waals surface area contributed by atoms with Gasteiger partial charge in [-0.05, 0) is 29.0 Å². The Bertz CT molecular complexity index is 742. The van der Waals surface area contributed by atoms with E-state index in [1.165, 1.54) is 6.33 Å². The third-order valence-electron chi connectivity index (χ3n) is 3.47. The predicted molar refractivity (Wildman–Crippen MR) is 92.3 cm³/mol. The molecule has 1 aromatic heterocycles. The average Bonchev–Trinajstić information content (AvgIpc) is 2.98. The largest absolute Gasteiger partial charge is 0.436 e. The van der Waals surface area contributed by atoms with Crippen LogP contribution in [0.5, 0.6) is 5.75 Å². The first-order valence-corrected chi connectivity index (χ1v) is 8.13. The molecule has 126 valence electrons. The molecular weight excluding hydrogens is 326 g/mol. The van der Waals surface area contributed by atoms with Gasteiger partial charge in [-0.25, -0.2) is 15.4 Å². The Morgan fingerprint density at radius 3 is 2.71 bits per heavy atom. The quantitative estimate of drug-likeness (QED) is 0.899. The summed E-state index contributed by atoms with van der Waals surface area (Å²) >= 11 is 6.33. The van der Waals surface area contributed by atoms with Crippen LogP contribution in [0, 0.1) is 5.41 Å². The molecule has 6 heteroatoms. The van der Waals surface area contributed by atoms with Gasteiger partial charge in [0.15, 0.2) is 5.75 Å². The number of nitrogens with one attached hydrogen (secondary N) is 1. The molecule has 5 nitrogen and oxygen atoms in total. The number of hydrogen-bond donors (Lipinski definition) is 1. The van der Waals surface area contributed by atoms with E-state index in [9.17, 15) is 0 Å². The molecule has 0 amide bonds. The Morgan fingerprint density at radius 1 is 1.25 bits per heavy atom. The Morgan fingerprint density at radius 2 is 2.00 bits per heavy atom. The fraction of sp³-hybridized carbons (Fsp3) is 0.333. The molecular formula is C18H20ClN3O2. The van der Waals surface area contributed by atoms with E-state index in [0.29, 0.717) is 11.6 Å². The van der Waals surface area contributed by atoms with Crippen molar-refractivity contribution in [1.82, 2.24) is 15.4 Å². The first-order chi connectivity index (χ1) is 11.4. The normalized spacial score (nSPS) is 17.3. The minimum absolute atomic E-state index is 0.161. The van der Waals surface area contributed by atoms with Gasteiger partial charge in [-0.15, -0.1) is 0 Å². The molecule has 2 aromatic rings. The number of hydroxylamine groups is 1. The molecule has 1 aliphatic rings. The van der Waals surface area contributed by atoms with Crippen LogP contribution in [0.4, 0.5) is 0 Å². The molecule has 2 heterocycles. The Labute approximate surface area is 146 Å². The molecule has 1 unspecified atom stereocenters. The molecule has 1 N–H and O–H groups in total. The van der Waals surface area contributed by atoms with Crippen LogP contribution < -0.4 is 10.2 Å². The summed E-state index contributed by atoms with van der Waals surface area (Å²) < 4.78 is 5.64. The van der Waals surface area contributed by atoms with E-state index in [2.05, 4.69) is 42.3 Å². The Hall–Kier alpha value is -2.11. The monoisotopic (exact) mass is 345 g/mol. The maximum atomic E-state index is 6.33. The van der Waals surface area contributed by atoms with Crippen LogP contribution in [0.1, 0.15) is 38.0 Å². The molecule has 3 rings (SSSR count). The summed E-state index contributed by atoms with van der Waals surface area (Å²) in [6.45, 7) is 6.58. The zero-order chi connectivity index (χ0) is 17.2. The van der Waals surface area contributed by atoms with E-state index in [4.69, 9.17) is 21.2 Å². The Kier molecular flexibility index (Phi) is 4.73. The van der Waals surface area contributed by atoms with Crippen LogP contribution in [0.2, 0.25) is 5.02 Å². The first-order valence-electron chi connectivity index (χ1n) is 7.75. The van der Waals surface area contributed by atoms with Gasteiger partial charge in [0.05, 0.1) is 12.4 Å². The topological polar surface area (TPSA) is 56.3 Å². The molecule has 0 fully saturated rings. The zero-order valence-corrected chi connectivity index (χ0v) is 14.7. The highest BCUT2D eigenvalue weighted by Crippen LogP contribution is 2.31. The lowest BCUT2D eigenvalue weighted by Crippen LogP contribution is -2.13. The summed E-state index contributed by atoms with van der Waals surface area (Å²) in [4.78, 5) is 13.4. The van der Waals surface area contributed by atoms with Gasteiger partial charge in [0.25, 0.3) is 0 Å². The highest BCUT2D eigenvalue weighted by molar-refractivity contribution is 6.31. The van der Waals surface area contributed by atoms with Crippen molar-refractivity contribution in [3.05, 3.63) is 65.0 Å². The van der Waals surface area contributed by atoms with E-state index < -0.39 is 0 Å². The van der Waals surface area contributed by atoms with Crippen molar-refractivity contribution in [2.45, 2.75) is 33.3 Å². The maximum absolute atomic E-state index is 6.33. The summed E-state index contributed by atoms with van der Waals surface area (Å²) in [5.74, 6) is 1.06. The SMILES string of the molecule is CC(C)(C)Cc1cc(C2C=C(Oc3cncnc3)NO2)ccc1Cl. The zero-order valence-electron chi connectivity index (χ0n) is 13.9. The van der Waals surface area contributed by atoms with E-state index in [0.717, 1.165) is 22.6 Å². The lowest BCUT2D eigenvalue weighted by Gasteiger charge is -2.20. The molecule has 0 saturated carbocycles. The van der Waals surface area contributed by atoms with Crippen molar-refractivity contribution in [2.75, 3.05) is 0 Å². The summed E-state index contributed by atoms with van der Waals surface area (Å²) in [6, 6.07) is 5.97. The first kappa shape index (κ1) is 16.7. The van der Waals surface area contributed by atoms with E-state index >= 15 is 0 Å². The summed E-state index contributed by atoms with van der Waals surface area (Å²) in [5.41, 5.74) is 5.09. The molecule has 24 heavy (non-hydrogen) atoms. The van der Waals surface area contributed by atoms with Crippen molar-refractivity contribution in [3.8, 4) is 5.75 Å². The second kappa shape index (κ2) is 6.79. The smallest absolute Gasteiger partial charge is 0.216 e. The van der Waals surface area contributed by atoms with Gasteiger partial charge in [0.2, 0.25) is 5.88 Å². The number of aromatic nitrogens is 2. The second-order valence-corrected chi connectivity index (χ2v) is 7.34. The minimum atomic E-state index is -0.236. The van der Waals surface area contributed by atoms with Gasteiger partial charge in [-0.1, -0.05) is 44.5 Å². The van der Waals surface area contributed by atoms with Crippen LogP contribution >= 0.6 is 11.6 Å². The molecule has 0 aliphatic carbocycles. The molecule has 0 radical (unpaired) electrons. The van der Waals surface area contributed by atoms with Gasteiger partial charge < -0.3 is 4.74 Å². The van der Waals surface area contributed by atoms with Crippen molar-refractivity contribution < 1.29 is 9.57 Å². The van der Waals surface area contributed by atoms with Crippen molar-refractivity contribution >= 4 is 11.6 Å².